The Morgan fingerprint density at radius 2 is 1.72 bits per heavy atom. The van der Waals surface area contributed by atoms with E-state index in [0.29, 0.717) is 5.69 Å². The molecule has 5 aromatic rings. The van der Waals surface area contributed by atoms with Crippen LogP contribution in [0.5, 0.6) is 0 Å². The fraction of sp³-hybridized carbons (Fsp3) is 0.0417. The van der Waals surface area contributed by atoms with Crippen LogP contribution >= 0.6 is 0 Å². The first-order valence-electron chi connectivity index (χ1n) is 9.76. The van der Waals surface area contributed by atoms with Crippen LogP contribution in [0.2, 0.25) is 0 Å². The number of aromatic nitrogens is 3. The highest BCUT2D eigenvalue weighted by Crippen LogP contribution is 2.25. The lowest BCUT2D eigenvalue weighted by atomic mass is 10.1. The maximum absolute atomic E-state index is 13.4. The number of carbonyl (C=O) groups is 1. The smallest absolute Gasteiger partial charge is 0.277 e. The summed E-state index contributed by atoms with van der Waals surface area (Å²) >= 11 is 0. The molecule has 0 radical (unpaired) electrons. The van der Waals surface area contributed by atoms with Crippen molar-refractivity contribution in [3.63, 3.8) is 0 Å². The molecule has 0 bridgehead atoms. The number of hydrogen-bond donors (Lipinski definition) is 2. The summed E-state index contributed by atoms with van der Waals surface area (Å²) in [6.45, 7) is 2.02. The van der Waals surface area contributed by atoms with Gasteiger partial charge in [0.05, 0.1) is 11.0 Å². The summed E-state index contributed by atoms with van der Waals surface area (Å²) in [5.41, 5.74) is 4.71. The molecule has 2 aromatic heterocycles. The molecule has 6 nitrogen and oxygen atoms in total. The minimum Gasteiger partial charge on any atom is -0.355 e. The molecule has 2 heterocycles. The van der Waals surface area contributed by atoms with Crippen LogP contribution in [-0.2, 0) is 0 Å². The minimum absolute atomic E-state index is 0.0152. The van der Waals surface area contributed by atoms with E-state index in [0.717, 1.165) is 40.1 Å². The third-order valence-corrected chi connectivity index (χ3v) is 5.00. The van der Waals surface area contributed by atoms with Gasteiger partial charge >= 0.3 is 0 Å². The minimum atomic E-state index is -1.01. The summed E-state index contributed by atoms with van der Waals surface area (Å²) in [5.74, 6) is -1.58. The molecule has 0 aliphatic rings. The van der Waals surface area contributed by atoms with Crippen molar-refractivity contribution >= 4 is 22.6 Å². The van der Waals surface area contributed by atoms with Gasteiger partial charge in [-0.25, -0.2) is 13.8 Å². The molecule has 0 spiro atoms. The first kappa shape index (κ1) is 19.6. The van der Waals surface area contributed by atoms with Crippen molar-refractivity contribution < 1.29 is 18.1 Å². The number of carbonyl (C=O) groups excluding carboxylic acids is 1. The summed E-state index contributed by atoms with van der Waals surface area (Å²) < 4.78 is 31.6. The first-order chi connectivity index (χ1) is 15.5. The fourth-order valence-electron chi connectivity index (χ4n) is 3.33. The summed E-state index contributed by atoms with van der Waals surface area (Å²) in [6.07, 6.45) is 0. The summed E-state index contributed by atoms with van der Waals surface area (Å²) in [4.78, 5) is 20.4. The van der Waals surface area contributed by atoms with E-state index < -0.39 is 17.5 Å². The number of nitrogens with zero attached hydrogens (tertiary/aromatic N) is 2. The number of rotatable bonds is 4. The van der Waals surface area contributed by atoms with Gasteiger partial charge in [-0.2, -0.15) is 0 Å². The van der Waals surface area contributed by atoms with Crippen LogP contribution in [-0.4, -0.2) is 21.0 Å². The van der Waals surface area contributed by atoms with Crippen LogP contribution in [0.3, 0.4) is 0 Å². The van der Waals surface area contributed by atoms with Gasteiger partial charge in [0.2, 0.25) is 0 Å². The molecule has 158 valence electrons. The number of aromatic amines is 1. The number of amides is 1. The topological polar surface area (TPSA) is 83.8 Å². The van der Waals surface area contributed by atoms with Crippen molar-refractivity contribution in [3.8, 4) is 22.7 Å². The SMILES string of the molecule is Cc1ccc2nc(-c3ccc(NC(=O)c4cc(-c5ccc(F)c(F)c5)on4)cc3)[nH]c2c1. The third-order valence-electron chi connectivity index (χ3n) is 5.00. The monoisotopic (exact) mass is 430 g/mol. The molecule has 0 saturated carbocycles. The highest BCUT2D eigenvalue weighted by atomic mass is 19.2. The first-order valence-corrected chi connectivity index (χ1v) is 9.76. The molecular formula is C24H16F2N4O2. The van der Waals surface area contributed by atoms with Gasteiger partial charge in [-0.15, -0.1) is 0 Å². The molecule has 0 aliphatic heterocycles. The highest BCUT2D eigenvalue weighted by molar-refractivity contribution is 6.03. The van der Waals surface area contributed by atoms with Gasteiger partial charge in [0, 0.05) is 22.9 Å². The summed E-state index contributed by atoms with van der Waals surface area (Å²) in [6, 6.07) is 17.9. The van der Waals surface area contributed by atoms with E-state index in [1.54, 1.807) is 12.1 Å². The van der Waals surface area contributed by atoms with Crippen molar-refractivity contribution in [3.05, 3.63) is 89.6 Å². The van der Waals surface area contributed by atoms with E-state index in [9.17, 15) is 13.6 Å². The van der Waals surface area contributed by atoms with E-state index in [4.69, 9.17) is 4.52 Å². The van der Waals surface area contributed by atoms with E-state index in [1.165, 1.54) is 12.1 Å². The highest BCUT2D eigenvalue weighted by Gasteiger charge is 2.15. The number of imidazole rings is 1. The normalized spacial score (nSPS) is 11.1. The number of nitrogens with one attached hydrogen (secondary N) is 2. The lowest BCUT2D eigenvalue weighted by Gasteiger charge is -2.03. The van der Waals surface area contributed by atoms with Crippen LogP contribution in [0.15, 0.2) is 71.3 Å². The second kappa shape index (κ2) is 7.73. The van der Waals surface area contributed by atoms with Gasteiger partial charge < -0.3 is 14.8 Å². The predicted octanol–water partition coefficient (Wildman–Crippen LogP) is 5.72. The van der Waals surface area contributed by atoms with Crippen LogP contribution in [0.4, 0.5) is 14.5 Å². The van der Waals surface area contributed by atoms with Crippen LogP contribution < -0.4 is 5.32 Å². The summed E-state index contributed by atoms with van der Waals surface area (Å²) in [5, 5.41) is 6.45. The molecule has 0 saturated heterocycles. The van der Waals surface area contributed by atoms with E-state index in [1.807, 2.05) is 37.3 Å². The third kappa shape index (κ3) is 3.74. The Morgan fingerprint density at radius 3 is 2.50 bits per heavy atom. The average molecular weight is 430 g/mol. The molecule has 1 amide bonds. The zero-order valence-corrected chi connectivity index (χ0v) is 16.8. The molecule has 32 heavy (non-hydrogen) atoms. The number of H-pyrrole nitrogens is 1. The van der Waals surface area contributed by atoms with Gasteiger partial charge in [-0.3, -0.25) is 4.79 Å². The van der Waals surface area contributed by atoms with E-state index in [-0.39, 0.29) is 17.0 Å². The maximum Gasteiger partial charge on any atom is 0.277 e. The van der Waals surface area contributed by atoms with Crippen molar-refractivity contribution in [1.29, 1.82) is 0 Å². The Morgan fingerprint density at radius 1 is 0.938 bits per heavy atom. The standard InChI is InChI=1S/C24H16F2N4O2/c1-13-2-9-19-20(10-13)29-23(28-19)14-3-6-16(7-4-14)27-24(31)21-12-22(32-30-21)15-5-8-17(25)18(26)11-15/h2-12H,1H3,(H,27,31)(H,28,29). The fourth-order valence-corrected chi connectivity index (χ4v) is 3.33. The number of aryl methyl sites for hydroxylation is 1. The molecule has 0 fully saturated rings. The lowest BCUT2D eigenvalue weighted by Crippen LogP contribution is -2.12. The molecular weight excluding hydrogens is 414 g/mol. The Hall–Kier alpha value is -4.33. The molecule has 0 unspecified atom stereocenters. The number of anilines is 1. The molecule has 3 aromatic carbocycles. The van der Waals surface area contributed by atoms with Crippen molar-refractivity contribution in [2.24, 2.45) is 0 Å². The summed E-state index contributed by atoms with van der Waals surface area (Å²) in [7, 11) is 0. The molecule has 0 atom stereocenters. The number of halogens is 2. The quantitative estimate of drug-likeness (QED) is 0.382. The van der Waals surface area contributed by atoms with Crippen molar-refractivity contribution in [2.75, 3.05) is 5.32 Å². The van der Waals surface area contributed by atoms with Crippen LogP contribution in [0, 0.1) is 18.6 Å². The van der Waals surface area contributed by atoms with Gasteiger partial charge in [0.1, 0.15) is 5.82 Å². The molecule has 8 heteroatoms. The average Bonchev–Trinajstić information content (AvgIpc) is 3.43. The second-order valence-electron chi connectivity index (χ2n) is 7.34. The van der Waals surface area contributed by atoms with Crippen molar-refractivity contribution in [1.82, 2.24) is 15.1 Å². The van der Waals surface area contributed by atoms with Gasteiger partial charge in [-0.05, 0) is 67.1 Å². The Kier molecular flexibility index (Phi) is 4.74. The largest absolute Gasteiger partial charge is 0.355 e. The van der Waals surface area contributed by atoms with Crippen molar-refractivity contribution in [2.45, 2.75) is 6.92 Å². The molecule has 0 aliphatic carbocycles. The number of fused-ring (bicyclic) bond motifs is 1. The Labute approximate surface area is 180 Å². The Bertz CT molecular complexity index is 1450. The van der Waals surface area contributed by atoms with Gasteiger partial charge in [0.15, 0.2) is 23.1 Å². The Balaban J connectivity index is 1.31. The zero-order valence-electron chi connectivity index (χ0n) is 16.8. The maximum atomic E-state index is 13.4. The second-order valence-corrected chi connectivity index (χ2v) is 7.34. The van der Waals surface area contributed by atoms with Gasteiger partial charge in [0.25, 0.3) is 5.91 Å². The predicted molar refractivity (Wildman–Crippen MR) is 116 cm³/mol. The van der Waals surface area contributed by atoms with Crippen LogP contribution in [0.25, 0.3) is 33.7 Å². The molecule has 2 N–H and O–H groups in total. The lowest BCUT2D eigenvalue weighted by molar-refractivity contribution is 0.101. The zero-order chi connectivity index (χ0) is 22.2. The van der Waals surface area contributed by atoms with Gasteiger partial charge in [-0.1, -0.05) is 11.2 Å². The van der Waals surface area contributed by atoms with E-state index >= 15 is 0 Å². The molecule has 5 rings (SSSR count). The number of benzene rings is 3. The van der Waals surface area contributed by atoms with E-state index in [2.05, 4.69) is 20.4 Å². The number of hydrogen-bond acceptors (Lipinski definition) is 4. The van der Waals surface area contributed by atoms with Crippen LogP contribution in [0.1, 0.15) is 16.1 Å².